The largest absolute Gasteiger partial charge is 0.361 e. The number of amides is 4. The molecule has 0 rings (SSSR count). The number of hydrogen-bond acceptors (Lipinski definition) is 5. The fourth-order valence-electron chi connectivity index (χ4n) is 0.127. The SMILES string of the molecule is C=O.NC(=O)NS(=O)(=O)O.NC(N)=O. The molecule has 0 aliphatic rings. The molecule has 10 nitrogen and oxygen atoms in total. The molecule has 0 saturated heterocycles. The lowest BCUT2D eigenvalue weighted by Crippen LogP contribution is -2.34. The molecule has 0 aliphatic carbocycles. The van der Waals surface area contributed by atoms with Gasteiger partial charge in [-0.25, -0.2) is 14.3 Å². The predicted molar refractivity (Wildman–Crippen MR) is 45.2 cm³/mol. The first-order valence-corrected chi connectivity index (χ1v) is 3.97. The van der Waals surface area contributed by atoms with E-state index in [0.29, 0.717) is 0 Å². The van der Waals surface area contributed by atoms with Gasteiger partial charge in [-0.1, -0.05) is 0 Å². The van der Waals surface area contributed by atoms with Crippen molar-refractivity contribution in [1.82, 2.24) is 4.72 Å². The van der Waals surface area contributed by atoms with Gasteiger partial charge in [0.25, 0.3) is 0 Å². The Balaban J connectivity index is -0.000000170. The monoisotopic (exact) mass is 230 g/mol. The summed E-state index contributed by atoms with van der Waals surface area (Å²) in [4.78, 5) is 26.6. The van der Waals surface area contributed by atoms with Gasteiger partial charge in [-0.3, -0.25) is 4.55 Å². The van der Waals surface area contributed by atoms with Crippen LogP contribution in [-0.2, 0) is 15.1 Å². The molecular weight excluding hydrogens is 220 g/mol. The van der Waals surface area contributed by atoms with E-state index in [-0.39, 0.29) is 0 Å². The zero-order valence-electron chi connectivity index (χ0n) is 6.84. The van der Waals surface area contributed by atoms with Crippen LogP contribution in [0.3, 0.4) is 0 Å². The van der Waals surface area contributed by atoms with Crippen molar-refractivity contribution >= 4 is 29.2 Å². The normalized spacial score (nSPS) is 8.07. The molecule has 0 saturated carbocycles. The number of nitrogens with one attached hydrogen (secondary N) is 1. The van der Waals surface area contributed by atoms with Crippen molar-refractivity contribution in [3.05, 3.63) is 0 Å². The van der Waals surface area contributed by atoms with Crippen molar-refractivity contribution in [2.24, 2.45) is 17.2 Å². The summed E-state index contributed by atoms with van der Waals surface area (Å²) >= 11 is 0. The van der Waals surface area contributed by atoms with Gasteiger partial charge in [-0.05, 0) is 0 Å². The van der Waals surface area contributed by atoms with Crippen molar-refractivity contribution in [1.29, 1.82) is 0 Å². The molecule has 0 spiro atoms. The number of hydrogen-bond donors (Lipinski definition) is 5. The Morgan fingerprint density at radius 1 is 1.14 bits per heavy atom. The van der Waals surface area contributed by atoms with Gasteiger partial charge in [0, 0.05) is 0 Å². The molecular formula is C3H10N4O6S. The number of primary amides is 3. The highest BCUT2D eigenvalue weighted by Crippen LogP contribution is 1.67. The molecule has 8 N–H and O–H groups in total. The summed E-state index contributed by atoms with van der Waals surface area (Å²) in [5.41, 5.74) is 12.8. The topological polar surface area (TPSA) is 196 Å². The standard InChI is InChI=1S/CH4N2O4S.CH4N2O.CH2O/c2-1(4)3-8(5,6)7;2-1(3)4;1-2/h(H3,2,3,4)(H,5,6,7);(H4,2,3,4);1H2. The Labute approximate surface area is 79.3 Å². The van der Waals surface area contributed by atoms with Gasteiger partial charge in [0.05, 0.1) is 0 Å². The third-order valence-electron chi connectivity index (χ3n) is 0.230. The number of urea groups is 2. The molecule has 0 aromatic carbocycles. The fourth-order valence-corrected chi connectivity index (χ4v) is 0.381. The first-order valence-electron chi connectivity index (χ1n) is 2.53. The smallest absolute Gasteiger partial charge is 0.352 e. The highest BCUT2D eigenvalue weighted by molar-refractivity contribution is 7.84. The highest BCUT2D eigenvalue weighted by atomic mass is 32.2. The Morgan fingerprint density at radius 3 is 1.36 bits per heavy atom. The zero-order chi connectivity index (χ0) is 12.4. The van der Waals surface area contributed by atoms with Crippen LogP contribution < -0.4 is 21.9 Å². The average molecular weight is 230 g/mol. The summed E-state index contributed by atoms with van der Waals surface area (Å²) in [6, 6.07) is -2.15. The summed E-state index contributed by atoms with van der Waals surface area (Å²) in [5, 5.41) is 0. The maximum absolute atomic E-state index is 9.59. The minimum absolute atomic E-state index is 0.833. The molecule has 14 heavy (non-hydrogen) atoms. The van der Waals surface area contributed by atoms with Crippen LogP contribution in [0.5, 0.6) is 0 Å². The van der Waals surface area contributed by atoms with E-state index in [1.54, 1.807) is 0 Å². The van der Waals surface area contributed by atoms with E-state index < -0.39 is 22.4 Å². The van der Waals surface area contributed by atoms with Gasteiger partial charge in [0.15, 0.2) is 0 Å². The summed E-state index contributed by atoms with van der Waals surface area (Å²) in [5.74, 6) is 0. The van der Waals surface area contributed by atoms with E-state index in [1.165, 1.54) is 0 Å². The average Bonchev–Trinajstić information content (AvgIpc) is 1.84. The maximum Gasteiger partial charge on any atom is 0.361 e. The van der Waals surface area contributed by atoms with E-state index in [1.807, 2.05) is 6.79 Å². The quantitative estimate of drug-likeness (QED) is 0.303. The van der Waals surface area contributed by atoms with E-state index in [2.05, 4.69) is 17.2 Å². The van der Waals surface area contributed by atoms with Crippen molar-refractivity contribution in [3.63, 3.8) is 0 Å². The van der Waals surface area contributed by atoms with Crippen LogP contribution in [0.2, 0.25) is 0 Å². The zero-order valence-corrected chi connectivity index (χ0v) is 7.65. The van der Waals surface area contributed by atoms with Crippen LogP contribution in [0, 0.1) is 0 Å². The summed E-state index contributed by atoms with van der Waals surface area (Å²) < 4.78 is 28.0. The Bertz CT molecular complexity index is 269. The molecule has 0 radical (unpaired) electrons. The molecule has 0 unspecified atom stereocenters. The predicted octanol–water partition coefficient (Wildman–Crippen LogP) is -2.70. The van der Waals surface area contributed by atoms with Crippen molar-refractivity contribution in [2.45, 2.75) is 0 Å². The molecule has 84 valence electrons. The summed E-state index contributed by atoms with van der Waals surface area (Å²) in [6.45, 7) is 2.00. The van der Waals surface area contributed by atoms with E-state index >= 15 is 0 Å². The number of carbonyl (C=O) groups excluding carboxylic acids is 3. The number of nitrogens with two attached hydrogens (primary N) is 3. The molecule has 0 aliphatic heterocycles. The lowest BCUT2D eigenvalue weighted by Gasteiger charge is -1.91. The minimum Gasteiger partial charge on any atom is -0.352 e. The molecule has 0 atom stereocenters. The van der Waals surface area contributed by atoms with Gasteiger partial charge in [-0.2, -0.15) is 8.42 Å². The second kappa shape index (κ2) is 9.21. The second-order valence-electron chi connectivity index (χ2n) is 1.34. The first kappa shape index (κ1) is 18.0. The fraction of sp³-hybridized carbons (Fsp3) is 0. The van der Waals surface area contributed by atoms with Gasteiger partial charge in [0.2, 0.25) is 0 Å². The lowest BCUT2D eigenvalue weighted by molar-refractivity contribution is -0.0980. The molecule has 0 heterocycles. The second-order valence-corrected chi connectivity index (χ2v) is 2.50. The van der Waals surface area contributed by atoms with Crippen molar-refractivity contribution < 1.29 is 27.4 Å². The molecule has 0 aromatic heterocycles. The van der Waals surface area contributed by atoms with Gasteiger partial charge >= 0.3 is 22.4 Å². The van der Waals surface area contributed by atoms with Gasteiger partial charge in [0.1, 0.15) is 6.79 Å². The van der Waals surface area contributed by atoms with Gasteiger partial charge in [-0.15, -0.1) is 0 Å². The van der Waals surface area contributed by atoms with E-state index in [0.717, 1.165) is 4.72 Å². The third kappa shape index (κ3) is 86.5. The molecule has 11 heteroatoms. The molecule has 4 amide bonds. The van der Waals surface area contributed by atoms with Crippen LogP contribution in [0.1, 0.15) is 0 Å². The van der Waals surface area contributed by atoms with Crippen molar-refractivity contribution in [2.75, 3.05) is 0 Å². The third-order valence-corrected chi connectivity index (χ3v) is 0.689. The summed E-state index contributed by atoms with van der Waals surface area (Å²) in [7, 11) is -4.45. The summed E-state index contributed by atoms with van der Waals surface area (Å²) in [6.07, 6.45) is 0. The van der Waals surface area contributed by atoms with Crippen LogP contribution in [0.4, 0.5) is 9.59 Å². The number of carbonyl (C=O) groups is 3. The van der Waals surface area contributed by atoms with Gasteiger partial charge < -0.3 is 22.0 Å². The first-order chi connectivity index (χ1) is 6.15. The van der Waals surface area contributed by atoms with E-state index in [4.69, 9.17) is 14.1 Å². The van der Waals surface area contributed by atoms with Crippen LogP contribution in [-0.4, -0.2) is 31.8 Å². The van der Waals surface area contributed by atoms with E-state index in [9.17, 15) is 13.2 Å². The minimum atomic E-state index is -4.45. The Kier molecular flexibility index (Phi) is 11.9. The Hall–Kier alpha value is -1.88. The maximum atomic E-state index is 9.59. The lowest BCUT2D eigenvalue weighted by atomic mass is 11.2. The molecule has 0 aromatic rings. The molecule has 0 fully saturated rings. The van der Waals surface area contributed by atoms with Crippen LogP contribution >= 0.6 is 0 Å². The van der Waals surface area contributed by atoms with Crippen LogP contribution in [0.25, 0.3) is 0 Å². The highest BCUT2D eigenvalue weighted by Gasteiger charge is 2.03. The van der Waals surface area contributed by atoms with Crippen LogP contribution in [0.15, 0.2) is 0 Å². The molecule has 0 bridgehead atoms. The Morgan fingerprint density at radius 2 is 1.36 bits per heavy atom. The van der Waals surface area contributed by atoms with Crippen molar-refractivity contribution in [3.8, 4) is 0 Å². The number of rotatable bonds is 1.